The zero-order chi connectivity index (χ0) is 15.6. The third-order valence-corrected chi connectivity index (χ3v) is 4.97. The molecule has 6 heteroatoms. The minimum absolute atomic E-state index is 0.0278. The maximum absolute atomic E-state index is 11.3. The summed E-state index contributed by atoms with van der Waals surface area (Å²) in [5, 5.41) is 16.5. The fourth-order valence-electron chi connectivity index (χ4n) is 2.38. The number of anilines is 2. The Morgan fingerprint density at radius 3 is 2.23 bits per heavy atom. The van der Waals surface area contributed by atoms with Crippen LogP contribution in [0.25, 0.3) is 0 Å². The zero-order valence-corrected chi connectivity index (χ0v) is 13.2. The van der Waals surface area contributed by atoms with Crippen LogP contribution in [0.5, 0.6) is 0 Å². The summed E-state index contributed by atoms with van der Waals surface area (Å²) in [6.07, 6.45) is -0.0278. The van der Waals surface area contributed by atoms with E-state index < -0.39 is 11.0 Å². The number of carboxylic acids is 1. The van der Waals surface area contributed by atoms with Crippen molar-refractivity contribution in [3.8, 4) is 0 Å². The van der Waals surface area contributed by atoms with Crippen molar-refractivity contribution in [1.82, 2.24) is 0 Å². The van der Waals surface area contributed by atoms with Gasteiger partial charge in [-0.2, -0.15) is 0 Å². The first-order valence-electron chi connectivity index (χ1n) is 6.82. The number of benzene rings is 2. The van der Waals surface area contributed by atoms with Crippen LogP contribution in [0.15, 0.2) is 48.5 Å². The van der Waals surface area contributed by atoms with Crippen LogP contribution >= 0.6 is 23.4 Å². The summed E-state index contributed by atoms with van der Waals surface area (Å²) >= 11 is 7.42. The van der Waals surface area contributed by atoms with Crippen LogP contribution in [-0.2, 0) is 10.5 Å². The highest BCUT2D eigenvalue weighted by molar-refractivity contribution is 8.00. The number of aliphatic carboxylic acids is 1. The van der Waals surface area contributed by atoms with Gasteiger partial charge in [0.05, 0.1) is 17.8 Å². The van der Waals surface area contributed by atoms with Gasteiger partial charge in [0.15, 0.2) is 4.99 Å². The van der Waals surface area contributed by atoms with Gasteiger partial charge in [0, 0.05) is 10.8 Å². The second-order valence-corrected chi connectivity index (χ2v) is 6.82. The van der Waals surface area contributed by atoms with E-state index in [1.165, 1.54) is 11.8 Å². The van der Waals surface area contributed by atoms with Crippen molar-refractivity contribution in [3.63, 3.8) is 0 Å². The number of carboxylic acid groups (broad SMARTS) is 1. The number of carbonyl (C=O) groups is 1. The van der Waals surface area contributed by atoms with Crippen LogP contribution in [0.3, 0.4) is 0 Å². The number of halogens is 1. The van der Waals surface area contributed by atoms with Gasteiger partial charge < -0.3 is 15.7 Å². The molecule has 0 spiro atoms. The van der Waals surface area contributed by atoms with Gasteiger partial charge >= 0.3 is 5.97 Å². The highest BCUT2D eigenvalue weighted by Crippen LogP contribution is 2.42. The first-order valence-corrected chi connectivity index (χ1v) is 8.18. The lowest BCUT2D eigenvalue weighted by Crippen LogP contribution is -2.40. The highest BCUT2D eigenvalue weighted by atomic mass is 35.5. The molecular weight excluding hydrogens is 320 g/mol. The molecule has 2 aromatic carbocycles. The lowest BCUT2D eigenvalue weighted by molar-refractivity contribution is -0.137. The molecule has 0 bridgehead atoms. The van der Waals surface area contributed by atoms with E-state index in [4.69, 9.17) is 11.6 Å². The Hall–Kier alpha value is -1.85. The van der Waals surface area contributed by atoms with E-state index in [0.717, 1.165) is 16.9 Å². The smallest absolute Gasteiger partial charge is 0.308 e. The highest BCUT2D eigenvalue weighted by Gasteiger charge is 2.38. The SMILES string of the molecule is O=C(O)CC1(SCc2ccc(Cl)cc2)Nc2ccccc2N1. The Bertz CT molecular complexity index is 666. The molecule has 0 unspecified atom stereocenters. The van der Waals surface area contributed by atoms with Crippen molar-refractivity contribution in [3.05, 3.63) is 59.1 Å². The van der Waals surface area contributed by atoms with Crippen LogP contribution in [0, 0.1) is 0 Å². The summed E-state index contributed by atoms with van der Waals surface area (Å²) < 4.78 is 0. The van der Waals surface area contributed by atoms with Gasteiger partial charge in [-0.15, -0.1) is 11.8 Å². The lowest BCUT2D eigenvalue weighted by atomic mass is 10.2. The average molecular weight is 335 g/mol. The lowest BCUT2D eigenvalue weighted by Gasteiger charge is -2.28. The summed E-state index contributed by atoms with van der Waals surface area (Å²) in [6, 6.07) is 15.3. The molecule has 0 saturated heterocycles. The largest absolute Gasteiger partial charge is 0.481 e. The van der Waals surface area contributed by atoms with Crippen LogP contribution in [0.1, 0.15) is 12.0 Å². The number of fused-ring (bicyclic) bond motifs is 1. The summed E-state index contributed by atoms with van der Waals surface area (Å²) in [7, 11) is 0. The van der Waals surface area contributed by atoms with E-state index in [1.807, 2.05) is 48.5 Å². The molecular formula is C16H15ClN2O2S. The molecule has 1 heterocycles. The maximum Gasteiger partial charge on any atom is 0.308 e. The molecule has 114 valence electrons. The summed E-state index contributed by atoms with van der Waals surface area (Å²) in [5.74, 6) is -0.172. The van der Waals surface area contributed by atoms with Gasteiger partial charge in [-0.1, -0.05) is 35.9 Å². The van der Waals surface area contributed by atoms with Gasteiger partial charge in [-0.3, -0.25) is 4.79 Å². The molecule has 2 aromatic rings. The van der Waals surface area contributed by atoms with E-state index >= 15 is 0 Å². The molecule has 0 atom stereocenters. The molecule has 0 radical (unpaired) electrons. The number of para-hydroxylation sites is 2. The van der Waals surface area contributed by atoms with Crippen molar-refractivity contribution in [2.45, 2.75) is 17.2 Å². The standard InChI is InChI=1S/C16H15ClN2O2S/c17-12-7-5-11(6-8-12)10-22-16(9-15(20)21)18-13-3-1-2-4-14(13)19-16/h1-8,18-19H,9-10H2,(H,20,21). The maximum atomic E-state index is 11.3. The molecule has 0 fully saturated rings. The van der Waals surface area contributed by atoms with E-state index in [0.29, 0.717) is 10.8 Å². The molecule has 4 nitrogen and oxygen atoms in total. The molecule has 3 N–H and O–H groups in total. The first kappa shape index (κ1) is 15.1. The van der Waals surface area contributed by atoms with Gasteiger partial charge in [0.25, 0.3) is 0 Å². The van der Waals surface area contributed by atoms with Crippen LogP contribution in [-0.4, -0.2) is 16.1 Å². The second kappa shape index (κ2) is 6.10. The minimum atomic E-state index is -0.851. The second-order valence-electron chi connectivity index (χ2n) is 5.11. The van der Waals surface area contributed by atoms with E-state index in [2.05, 4.69) is 10.6 Å². The number of rotatable bonds is 5. The number of thioether (sulfide) groups is 1. The number of hydrogen-bond acceptors (Lipinski definition) is 4. The topological polar surface area (TPSA) is 61.4 Å². The van der Waals surface area contributed by atoms with Crippen LogP contribution in [0.4, 0.5) is 11.4 Å². The van der Waals surface area contributed by atoms with E-state index in [1.54, 1.807) is 0 Å². The van der Waals surface area contributed by atoms with Gasteiger partial charge in [-0.25, -0.2) is 0 Å². The summed E-state index contributed by atoms with van der Waals surface area (Å²) in [5.41, 5.74) is 2.94. The predicted octanol–water partition coefficient (Wildman–Crippen LogP) is 4.24. The van der Waals surface area contributed by atoms with Crippen molar-refractivity contribution in [1.29, 1.82) is 0 Å². The van der Waals surface area contributed by atoms with Crippen molar-refractivity contribution in [2.75, 3.05) is 10.6 Å². The fourth-order valence-corrected chi connectivity index (χ4v) is 3.70. The van der Waals surface area contributed by atoms with Gasteiger partial charge in [0.1, 0.15) is 0 Å². The molecule has 3 rings (SSSR count). The number of hydrogen-bond donors (Lipinski definition) is 3. The zero-order valence-electron chi connectivity index (χ0n) is 11.7. The van der Waals surface area contributed by atoms with E-state index in [-0.39, 0.29) is 6.42 Å². The molecule has 0 aromatic heterocycles. The quantitative estimate of drug-likeness (QED) is 0.763. The predicted molar refractivity (Wildman–Crippen MR) is 91.4 cm³/mol. The Morgan fingerprint density at radius 1 is 1.09 bits per heavy atom. The Kier molecular flexibility index (Phi) is 4.18. The average Bonchev–Trinajstić information content (AvgIpc) is 2.84. The van der Waals surface area contributed by atoms with Crippen molar-refractivity contribution < 1.29 is 9.90 Å². The first-order chi connectivity index (χ1) is 10.6. The molecule has 1 aliphatic heterocycles. The molecule has 0 amide bonds. The normalized spacial score (nSPS) is 14.8. The fraction of sp³-hybridized carbons (Fsp3) is 0.188. The third-order valence-electron chi connectivity index (χ3n) is 3.40. The molecule has 0 aliphatic carbocycles. The van der Waals surface area contributed by atoms with E-state index in [9.17, 15) is 9.90 Å². The Balaban J connectivity index is 1.77. The van der Waals surface area contributed by atoms with Crippen molar-refractivity contribution >= 4 is 40.7 Å². The molecule has 0 saturated carbocycles. The van der Waals surface area contributed by atoms with Crippen LogP contribution < -0.4 is 10.6 Å². The minimum Gasteiger partial charge on any atom is -0.481 e. The number of nitrogens with one attached hydrogen (secondary N) is 2. The van der Waals surface area contributed by atoms with Gasteiger partial charge in [-0.05, 0) is 29.8 Å². The summed E-state index contributed by atoms with van der Waals surface area (Å²) in [6.45, 7) is 0. The monoisotopic (exact) mass is 334 g/mol. The third kappa shape index (κ3) is 3.31. The molecule has 1 aliphatic rings. The van der Waals surface area contributed by atoms with Crippen LogP contribution in [0.2, 0.25) is 5.02 Å². The summed E-state index contributed by atoms with van der Waals surface area (Å²) in [4.78, 5) is 10.5. The Labute approximate surface area is 137 Å². The van der Waals surface area contributed by atoms with Crippen molar-refractivity contribution in [2.24, 2.45) is 0 Å². The van der Waals surface area contributed by atoms with Gasteiger partial charge in [0.2, 0.25) is 0 Å². The Morgan fingerprint density at radius 2 is 1.68 bits per heavy atom. The molecule has 22 heavy (non-hydrogen) atoms.